The zero-order chi connectivity index (χ0) is 12.2. The van der Waals surface area contributed by atoms with E-state index in [1.807, 2.05) is 0 Å². The van der Waals surface area contributed by atoms with Crippen LogP contribution < -0.4 is 0 Å². The van der Waals surface area contributed by atoms with Crippen LogP contribution in [0.3, 0.4) is 0 Å². The van der Waals surface area contributed by atoms with Crippen molar-refractivity contribution in [2.75, 3.05) is 27.2 Å². The Balaban J connectivity index is 4.26. The molecule has 0 aliphatic carbocycles. The minimum absolute atomic E-state index is 0.149. The molecule has 0 bridgehead atoms. The van der Waals surface area contributed by atoms with Crippen LogP contribution in [-0.2, 0) is 4.79 Å². The number of amides is 2. The van der Waals surface area contributed by atoms with Gasteiger partial charge in [-0.1, -0.05) is 0 Å². The second-order valence-corrected chi connectivity index (χ2v) is 4.20. The fourth-order valence-electron chi connectivity index (χ4n) is 1.21. The number of urea groups is 1. The van der Waals surface area contributed by atoms with Crippen LogP contribution in [0.2, 0.25) is 0 Å². The van der Waals surface area contributed by atoms with Gasteiger partial charge in [0.25, 0.3) is 0 Å². The van der Waals surface area contributed by atoms with E-state index in [4.69, 9.17) is 5.11 Å². The first-order valence-electron chi connectivity index (χ1n) is 4.54. The van der Waals surface area contributed by atoms with Gasteiger partial charge in [0.1, 0.15) is 6.54 Å². The largest absolute Gasteiger partial charge is 0.480 e. The number of carbonyl (C=O) groups is 2. The molecule has 0 aromatic heterocycles. The summed E-state index contributed by atoms with van der Waals surface area (Å²) in [6, 6.07) is -0.431. The molecule has 0 radical (unpaired) electrons. The highest BCUT2D eigenvalue weighted by molar-refractivity contribution is 5.79. The summed E-state index contributed by atoms with van der Waals surface area (Å²) >= 11 is 0. The molecule has 88 valence electrons. The first-order valence-corrected chi connectivity index (χ1v) is 4.54. The lowest BCUT2D eigenvalue weighted by Gasteiger charge is -2.28. The Morgan fingerprint density at radius 3 is 2.00 bits per heavy atom. The quantitative estimate of drug-likeness (QED) is 0.686. The Hall–Kier alpha value is -1.30. The number of carbonyl (C=O) groups excluding carboxylic acids is 1. The van der Waals surface area contributed by atoms with Crippen LogP contribution in [0.25, 0.3) is 0 Å². The van der Waals surface area contributed by atoms with E-state index in [0.29, 0.717) is 0 Å². The molecule has 2 N–H and O–H groups in total. The second-order valence-electron chi connectivity index (χ2n) is 4.20. The van der Waals surface area contributed by atoms with Gasteiger partial charge >= 0.3 is 12.0 Å². The first-order chi connectivity index (χ1) is 6.63. The third-order valence-corrected chi connectivity index (χ3v) is 1.65. The smallest absolute Gasteiger partial charge is 0.323 e. The van der Waals surface area contributed by atoms with Crippen molar-refractivity contribution in [1.29, 1.82) is 0 Å². The number of hydrogen-bond acceptors (Lipinski definition) is 3. The van der Waals surface area contributed by atoms with Crippen molar-refractivity contribution in [3.05, 3.63) is 0 Å². The average Bonchev–Trinajstić information content (AvgIpc) is 1.98. The monoisotopic (exact) mass is 218 g/mol. The van der Waals surface area contributed by atoms with Gasteiger partial charge in [0, 0.05) is 14.1 Å². The van der Waals surface area contributed by atoms with E-state index >= 15 is 0 Å². The molecule has 0 aromatic rings. The lowest BCUT2D eigenvalue weighted by atomic mass is 10.1. The summed E-state index contributed by atoms with van der Waals surface area (Å²) in [5.41, 5.74) is -0.992. The molecule has 0 saturated heterocycles. The van der Waals surface area contributed by atoms with Gasteiger partial charge in [-0.2, -0.15) is 0 Å². The Morgan fingerprint density at radius 1 is 1.20 bits per heavy atom. The van der Waals surface area contributed by atoms with Crippen LogP contribution >= 0.6 is 0 Å². The van der Waals surface area contributed by atoms with Crippen molar-refractivity contribution in [2.45, 2.75) is 19.4 Å². The third-order valence-electron chi connectivity index (χ3n) is 1.65. The lowest BCUT2D eigenvalue weighted by molar-refractivity contribution is -0.137. The van der Waals surface area contributed by atoms with Gasteiger partial charge in [-0.15, -0.1) is 0 Å². The van der Waals surface area contributed by atoms with Crippen LogP contribution in [0.15, 0.2) is 0 Å². The maximum absolute atomic E-state index is 11.5. The van der Waals surface area contributed by atoms with Gasteiger partial charge in [0.05, 0.1) is 12.1 Å². The molecule has 0 saturated carbocycles. The standard InChI is InChI=1S/C9H18N2O4/c1-9(2,15)6-11(4)8(14)10(3)5-7(12)13/h15H,5-6H2,1-4H3,(H,12,13). The van der Waals surface area contributed by atoms with Crippen molar-refractivity contribution < 1.29 is 19.8 Å². The van der Waals surface area contributed by atoms with Gasteiger partial charge in [-0.3, -0.25) is 4.79 Å². The molecule has 0 fully saturated rings. The number of carboxylic acid groups (broad SMARTS) is 1. The molecular formula is C9H18N2O4. The molecule has 0 rings (SSSR count). The summed E-state index contributed by atoms with van der Waals surface area (Å²) in [6.45, 7) is 2.95. The average molecular weight is 218 g/mol. The SMILES string of the molecule is CN(CC(=O)O)C(=O)N(C)CC(C)(C)O. The van der Waals surface area contributed by atoms with E-state index in [2.05, 4.69) is 0 Å². The molecule has 0 aliphatic rings. The Kier molecular flexibility index (Phi) is 4.54. The topological polar surface area (TPSA) is 81.1 Å². The number of hydrogen-bond donors (Lipinski definition) is 2. The first kappa shape index (κ1) is 13.7. The van der Waals surface area contributed by atoms with Crippen molar-refractivity contribution in [3.63, 3.8) is 0 Å². The predicted molar refractivity (Wildman–Crippen MR) is 54.6 cm³/mol. The second kappa shape index (κ2) is 4.97. The van der Waals surface area contributed by atoms with Crippen LogP contribution in [0.5, 0.6) is 0 Å². The van der Waals surface area contributed by atoms with E-state index in [9.17, 15) is 14.7 Å². The molecular weight excluding hydrogens is 200 g/mol. The molecule has 0 aromatic carbocycles. The lowest BCUT2D eigenvalue weighted by Crippen LogP contribution is -2.46. The molecule has 6 heteroatoms. The number of carboxylic acids is 1. The molecule has 6 nitrogen and oxygen atoms in total. The maximum Gasteiger partial charge on any atom is 0.323 e. The number of rotatable bonds is 4. The van der Waals surface area contributed by atoms with Gasteiger partial charge in [0.15, 0.2) is 0 Å². The summed E-state index contributed by atoms with van der Waals surface area (Å²) < 4.78 is 0. The highest BCUT2D eigenvalue weighted by atomic mass is 16.4. The van der Waals surface area contributed by atoms with E-state index in [0.717, 1.165) is 4.90 Å². The van der Waals surface area contributed by atoms with Crippen LogP contribution in [0, 0.1) is 0 Å². The van der Waals surface area contributed by atoms with E-state index in [1.54, 1.807) is 13.8 Å². The Bertz CT molecular complexity index is 247. The summed E-state index contributed by atoms with van der Waals surface area (Å²) in [7, 11) is 2.91. The number of likely N-dealkylation sites (N-methyl/N-ethyl adjacent to an activating group) is 2. The van der Waals surface area contributed by atoms with Crippen molar-refractivity contribution in [1.82, 2.24) is 9.80 Å². The predicted octanol–water partition coefficient (Wildman–Crippen LogP) is -0.175. The third kappa shape index (κ3) is 5.90. The van der Waals surface area contributed by atoms with E-state index in [-0.39, 0.29) is 13.1 Å². The minimum atomic E-state index is -1.07. The zero-order valence-electron chi connectivity index (χ0n) is 9.52. The van der Waals surface area contributed by atoms with Gasteiger partial charge in [-0.25, -0.2) is 4.79 Å². The molecule has 0 spiro atoms. The highest BCUT2D eigenvalue weighted by Crippen LogP contribution is 2.04. The Labute approximate surface area is 89.1 Å². The normalized spacial score (nSPS) is 11.0. The Morgan fingerprint density at radius 2 is 1.67 bits per heavy atom. The molecule has 0 atom stereocenters. The zero-order valence-corrected chi connectivity index (χ0v) is 9.52. The van der Waals surface area contributed by atoms with Crippen LogP contribution in [0.1, 0.15) is 13.8 Å². The van der Waals surface area contributed by atoms with Crippen molar-refractivity contribution >= 4 is 12.0 Å². The van der Waals surface area contributed by atoms with Crippen molar-refractivity contribution in [3.8, 4) is 0 Å². The summed E-state index contributed by atoms with van der Waals surface area (Å²) in [5.74, 6) is -1.07. The fourth-order valence-corrected chi connectivity index (χ4v) is 1.21. The maximum atomic E-state index is 11.5. The molecule has 0 heterocycles. The fraction of sp³-hybridized carbons (Fsp3) is 0.778. The van der Waals surface area contributed by atoms with Gasteiger partial charge in [0.2, 0.25) is 0 Å². The molecule has 0 unspecified atom stereocenters. The molecule has 15 heavy (non-hydrogen) atoms. The number of aliphatic hydroxyl groups is 1. The van der Waals surface area contributed by atoms with Gasteiger partial charge < -0.3 is 20.0 Å². The number of nitrogens with zero attached hydrogens (tertiary/aromatic N) is 2. The van der Waals surface area contributed by atoms with Crippen LogP contribution in [0.4, 0.5) is 4.79 Å². The van der Waals surface area contributed by atoms with Gasteiger partial charge in [-0.05, 0) is 13.8 Å². The van der Waals surface area contributed by atoms with E-state index < -0.39 is 17.6 Å². The minimum Gasteiger partial charge on any atom is -0.480 e. The highest BCUT2D eigenvalue weighted by Gasteiger charge is 2.22. The molecule has 0 aliphatic heterocycles. The summed E-state index contributed by atoms with van der Waals surface area (Å²) in [5, 5.41) is 18.0. The van der Waals surface area contributed by atoms with E-state index in [1.165, 1.54) is 19.0 Å². The summed E-state index contributed by atoms with van der Waals surface area (Å²) in [6.07, 6.45) is 0. The van der Waals surface area contributed by atoms with Crippen LogP contribution in [-0.4, -0.2) is 64.8 Å². The number of aliphatic carboxylic acids is 1. The van der Waals surface area contributed by atoms with Crippen molar-refractivity contribution in [2.24, 2.45) is 0 Å². The molecule has 2 amide bonds. The summed E-state index contributed by atoms with van der Waals surface area (Å²) in [4.78, 5) is 24.3.